The number of nitrogens with one attached hydrogen (secondary N) is 2. The third-order valence-corrected chi connectivity index (χ3v) is 10.7. The number of rotatable bonds is 3. The fourth-order valence-corrected chi connectivity index (χ4v) is 8.95. The summed E-state index contributed by atoms with van der Waals surface area (Å²) >= 11 is 10.0. The number of hydrogen-bond acceptors (Lipinski definition) is 4. The SMILES string of the molecule is O=C(c1nc2ccccc2[nH]1)C1C(c2ccc(Br)cc2)C2CC3CCCC[C@H]3N2[C@@]12C(=O)Nc1cc(Cl)ccc12. The average molecular weight is 616 g/mol. The summed E-state index contributed by atoms with van der Waals surface area (Å²) in [7, 11) is 0. The molecule has 202 valence electrons. The van der Waals surface area contributed by atoms with Crippen LogP contribution in [0.25, 0.3) is 11.0 Å². The van der Waals surface area contributed by atoms with Gasteiger partial charge in [-0.05, 0) is 67.1 Å². The van der Waals surface area contributed by atoms with Crippen LogP contribution in [-0.4, -0.2) is 38.6 Å². The van der Waals surface area contributed by atoms with Gasteiger partial charge in [0.25, 0.3) is 0 Å². The minimum atomic E-state index is -1.14. The molecule has 1 aliphatic carbocycles. The zero-order valence-electron chi connectivity index (χ0n) is 21.7. The number of H-pyrrole nitrogens is 1. The van der Waals surface area contributed by atoms with Crippen molar-refractivity contribution in [3.05, 3.63) is 93.2 Å². The lowest BCUT2D eigenvalue weighted by molar-refractivity contribution is -0.129. The number of imidazole rings is 1. The van der Waals surface area contributed by atoms with E-state index in [0.29, 0.717) is 22.5 Å². The molecule has 3 aliphatic heterocycles. The van der Waals surface area contributed by atoms with Gasteiger partial charge in [-0.3, -0.25) is 14.5 Å². The third-order valence-electron chi connectivity index (χ3n) is 9.91. The molecule has 4 heterocycles. The van der Waals surface area contributed by atoms with Crippen molar-refractivity contribution < 1.29 is 9.59 Å². The molecular weight excluding hydrogens is 588 g/mol. The minimum absolute atomic E-state index is 0.0555. The number of benzene rings is 3. The van der Waals surface area contributed by atoms with Gasteiger partial charge in [0, 0.05) is 38.7 Å². The Bertz CT molecular complexity index is 1650. The highest BCUT2D eigenvalue weighted by atomic mass is 79.9. The Kier molecular flexibility index (Phi) is 5.57. The first-order valence-corrected chi connectivity index (χ1v) is 15.3. The number of hydrogen-bond donors (Lipinski definition) is 2. The molecule has 40 heavy (non-hydrogen) atoms. The molecule has 8 rings (SSSR count). The van der Waals surface area contributed by atoms with E-state index in [9.17, 15) is 9.59 Å². The lowest BCUT2D eigenvalue weighted by Crippen LogP contribution is -2.56. The van der Waals surface area contributed by atoms with E-state index in [4.69, 9.17) is 16.6 Å². The quantitative estimate of drug-likeness (QED) is 0.242. The van der Waals surface area contributed by atoms with E-state index in [2.05, 4.69) is 43.3 Å². The molecule has 4 aromatic rings. The highest BCUT2D eigenvalue weighted by Crippen LogP contribution is 2.64. The fourth-order valence-electron chi connectivity index (χ4n) is 8.51. The second kappa shape index (κ2) is 9.00. The summed E-state index contributed by atoms with van der Waals surface area (Å²) in [5.41, 5.74) is 3.05. The van der Waals surface area contributed by atoms with Crippen molar-refractivity contribution >= 4 is 55.9 Å². The van der Waals surface area contributed by atoms with E-state index in [1.165, 1.54) is 6.42 Å². The highest BCUT2D eigenvalue weighted by Gasteiger charge is 2.72. The van der Waals surface area contributed by atoms with Crippen LogP contribution in [0.4, 0.5) is 5.69 Å². The van der Waals surface area contributed by atoms with E-state index >= 15 is 0 Å². The molecule has 2 N–H and O–H groups in total. The molecule has 8 heteroatoms. The first-order chi connectivity index (χ1) is 19.5. The summed E-state index contributed by atoms with van der Waals surface area (Å²) in [5, 5.41) is 3.73. The van der Waals surface area contributed by atoms with Crippen LogP contribution in [0.1, 0.15) is 59.8 Å². The first-order valence-electron chi connectivity index (χ1n) is 14.1. The fraction of sp³-hybridized carbons (Fsp3) is 0.344. The van der Waals surface area contributed by atoms with Crippen molar-refractivity contribution in [2.75, 3.05) is 5.32 Å². The predicted molar refractivity (Wildman–Crippen MR) is 159 cm³/mol. The van der Waals surface area contributed by atoms with Crippen molar-refractivity contribution in [3.8, 4) is 0 Å². The second-order valence-corrected chi connectivity index (χ2v) is 13.1. The molecule has 1 aromatic heterocycles. The number of ketones is 1. The molecular formula is C32H28BrClN4O2. The second-order valence-electron chi connectivity index (χ2n) is 11.8. The van der Waals surface area contributed by atoms with E-state index in [1.807, 2.05) is 54.6 Å². The summed E-state index contributed by atoms with van der Waals surface area (Å²) in [6.07, 6.45) is 5.54. The first kappa shape index (κ1) is 24.8. The molecule has 4 unspecified atom stereocenters. The van der Waals surface area contributed by atoms with Gasteiger partial charge in [0.1, 0.15) is 5.54 Å². The van der Waals surface area contributed by atoms with Gasteiger partial charge in [0.2, 0.25) is 11.7 Å². The number of para-hydroxylation sites is 2. The molecule has 0 radical (unpaired) electrons. The highest BCUT2D eigenvalue weighted by molar-refractivity contribution is 9.10. The van der Waals surface area contributed by atoms with E-state index < -0.39 is 11.5 Å². The minimum Gasteiger partial charge on any atom is -0.335 e. The number of carbonyl (C=O) groups is 2. The topological polar surface area (TPSA) is 78.1 Å². The molecule has 4 aliphatic rings. The number of fused-ring (bicyclic) bond motifs is 7. The van der Waals surface area contributed by atoms with Crippen molar-refractivity contribution in [2.45, 2.75) is 55.6 Å². The summed E-state index contributed by atoms with van der Waals surface area (Å²) in [5.74, 6) is -0.264. The van der Waals surface area contributed by atoms with Crippen LogP contribution in [0, 0.1) is 11.8 Å². The number of Topliss-reactive ketones (excluding diaryl/α,β-unsaturated/α-hetero) is 1. The maximum atomic E-state index is 14.9. The zero-order chi connectivity index (χ0) is 27.2. The molecule has 0 bridgehead atoms. The lowest BCUT2D eigenvalue weighted by Gasteiger charge is -2.42. The van der Waals surface area contributed by atoms with Gasteiger partial charge in [-0.15, -0.1) is 0 Å². The van der Waals surface area contributed by atoms with Crippen LogP contribution in [0.5, 0.6) is 0 Å². The Morgan fingerprint density at radius 1 is 1.02 bits per heavy atom. The molecule has 2 saturated heterocycles. The molecule has 1 spiro atoms. The van der Waals surface area contributed by atoms with Gasteiger partial charge in [-0.1, -0.05) is 70.7 Å². The standard InChI is InChI=1S/C32H28BrClN4O2/c33-19-11-9-17(10-12-19)27-26-15-18-5-1-4-8-25(18)38(26)32(21-14-13-20(34)16-24(21)37-31(32)40)28(27)29(39)30-35-22-6-2-3-7-23(22)36-30/h2-3,6-7,9-14,16,18,25-28H,1,4-5,8,15H2,(H,35,36)(H,37,40)/t18?,25-,26?,27?,28?,32-/m1/s1. The molecule has 6 atom stereocenters. The van der Waals surface area contributed by atoms with E-state index in [1.54, 1.807) is 0 Å². The summed E-state index contributed by atoms with van der Waals surface area (Å²) < 4.78 is 0.986. The summed E-state index contributed by atoms with van der Waals surface area (Å²) in [6.45, 7) is 0. The molecule has 1 amide bonds. The lowest BCUT2D eigenvalue weighted by atomic mass is 9.68. The van der Waals surface area contributed by atoms with Crippen LogP contribution in [-0.2, 0) is 10.3 Å². The normalized spacial score (nSPS) is 30.9. The van der Waals surface area contributed by atoms with Crippen LogP contribution in [0.15, 0.2) is 71.2 Å². The van der Waals surface area contributed by atoms with E-state index in [-0.39, 0.29) is 29.7 Å². The Morgan fingerprint density at radius 2 is 1.82 bits per heavy atom. The Balaban J connectivity index is 1.40. The Morgan fingerprint density at radius 3 is 2.65 bits per heavy atom. The maximum absolute atomic E-state index is 14.9. The number of halogens is 2. The maximum Gasteiger partial charge on any atom is 0.250 e. The molecule has 3 fully saturated rings. The Labute approximate surface area is 245 Å². The molecule has 3 aromatic carbocycles. The number of aromatic nitrogens is 2. The predicted octanol–water partition coefficient (Wildman–Crippen LogP) is 7.06. The van der Waals surface area contributed by atoms with Gasteiger partial charge in [-0.25, -0.2) is 4.98 Å². The average Bonchev–Trinajstić information content (AvgIpc) is 3.69. The number of amides is 1. The Hall–Kier alpha value is -3.00. The zero-order valence-corrected chi connectivity index (χ0v) is 24.1. The van der Waals surface area contributed by atoms with Crippen LogP contribution in [0.2, 0.25) is 5.02 Å². The van der Waals surface area contributed by atoms with Gasteiger partial charge in [0.05, 0.1) is 17.0 Å². The van der Waals surface area contributed by atoms with Crippen LogP contribution >= 0.6 is 27.5 Å². The van der Waals surface area contributed by atoms with Crippen LogP contribution < -0.4 is 5.32 Å². The molecule has 6 nitrogen and oxygen atoms in total. The van der Waals surface area contributed by atoms with Gasteiger partial charge < -0.3 is 10.3 Å². The van der Waals surface area contributed by atoms with Gasteiger partial charge in [0.15, 0.2) is 5.82 Å². The number of aromatic amines is 1. The van der Waals surface area contributed by atoms with E-state index in [0.717, 1.165) is 52.3 Å². The van der Waals surface area contributed by atoms with Crippen LogP contribution in [0.3, 0.4) is 0 Å². The third kappa shape index (κ3) is 3.34. The van der Waals surface area contributed by atoms with Gasteiger partial charge in [-0.2, -0.15) is 0 Å². The van der Waals surface area contributed by atoms with Crippen molar-refractivity contribution in [1.29, 1.82) is 0 Å². The summed E-state index contributed by atoms with van der Waals surface area (Å²) in [6, 6.07) is 21.9. The largest absolute Gasteiger partial charge is 0.335 e. The molecule has 1 saturated carbocycles. The van der Waals surface area contributed by atoms with Crippen molar-refractivity contribution in [3.63, 3.8) is 0 Å². The summed E-state index contributed by atoms with van der Waals surface area (Å²) in [4.78, 5) is 40.0. The number of anilines is 1. The van der Waals surface area contributed by atoms with Crippen molar-refractivity contribution in [2.24, 2.45) is 11.8 Å². The monoisotopic (exact) mass is 614 g/mol. The van der Waals surface area contributed by atoms with Gasteiger partial charge >= 0.3 is 0 Å². The number of nitrogens with zero attached hydrogens (tertiary/aromatic N) is 2. The van der Waals surface area contributed by atoms with Crippen molar-refractivity contribution in [1.82, 2.24) is 14.9 Å². The smallest absolute Gasteiger partial charge is 0.250 e. The number of carbonyl (C=O) groups excluding carboxylic acids is 2.